The Hall–Kier alpha value is -1.71. The fourth-order valence-corrected chi connectivity index (χ4v) is 4.57. The average molecular weight is 527 g/mol. The first-order chi connectivity index (χ1) is 13.3. The SMILES string of the molecule is CCn1c(-c2ccccc2Cl)nn(CC(=O)Nc2c(C)cc(I)cc2C)c1=S. The summed E-state index contributed by atoms with van der Waals surface area (Å²) in [6.07, 6.45) is 0. The van der Waals surface area contributed by atoms with E-state index in [2.05, 4.69) is 33.0 Å². The van der Waals surface area contributed by atoms with Gasteiger partial charge in [0, 0.05) is 21.4 Å². The van der Waals surface area contributed by atoms with E-state index in [9.17, 15) is 4.79 Å². The molecular weight excluding hydrogens is 507 g/mol. The van der Waals surface area contributed by atoms with Gasteiger partial charge >= 0.3 is 0 Å². The van der Waals surface area contributed by atoms with Crippen LogP contribution in [0.25, 0.3) is 11.4 Å². The number of aromatic nitrogens is 3. The topological polar surface area (TPSA) is 51.9 Å². The van der Waals surface area contributed by atoms with Crippen LogP contribution < -0.4 is 5.32 Å². The van der Waals surface area contributed by atoms with Gasteiger partial charge in [-0.05, 0) is 91.0 Å². The van der Waals surface area contributed by atoms with Gasteiger partial charge in [-0.15, -0.1) is 0 Å². The summed E-state index contributed by atoms with van der Waals surface area (Å²) < 4.78 is 5.05. The first-order valence-electron chi connectivity index (χ1n) is 8.81. The molecule has 0 atom stereocenters. The Balaban J connectivity index is 1.90. The summed E-state index contributed by atoms with van der Waals surface area (Å²) in [6, 6.07) is 11.6. The van der Waals surface area contributed by atoms with Gasteiger partial charge in [-0.3, -0.25) is 4.79 Å². The van der Waals surface area contributed by atoms with Crippen LogP contribution in [-0.4, -0.2) is 20.3 Å². The molecule has 2 aromatic carbocycles. The van der Waals surface area contributed by atoms with Gasteiger partial charge in [0.25, 0.3) is 0 Å². The molecule has 3 aromatic rings. The number of amides is 1. The highest BCUT2D eigenvalue weighted by molar-refractivity contribution is 14.1. The maximum absolute atomic E-state index is 12.7. The van der Waals surface area contributed by atoms with Crippen molar-refractivity contribution >= 4 is 58.0 Å². The van der Waals surface area contributed by atoms with Crippen molar-refractivity contribution in [3.63, 3.8) is 0 Å². The Labute approximate surface area is 187 Å². The van der Waals surface area contributed by atoms with Crippen LogP contribution in [0.15, 0.2) is 36.4 Å². The fraction of sp³-hybridized carbons (Fsp3) is 0.250. The van der Waals surface area contributed by atoms with Gasteiger partial charge in [-0.1, -0.05) is 23.7 Å². The second-order valence-electron chi connectivity index (χ2n) is 6.45. The van der Waals surface area contributed by atoms with Crippen LogP contribution in [0.2, 0.25) is 5.02 Å². The number of hydrogen-bond acceptors (Lipinski definition) is 3. The maximum atomic E-state index is 12.7. The van der Waals surface area contributed by atoms with E-state index >= 15 is 0 Å². The number of anilines is 1. The Morgan fingerprint density at radius 3 is 2.50 bits per heavy atom. The van der Waals surface area contributed by atoms with Crippen molar-refractivity contribution in [1.82, 2.24) is 14.3 Å². The number of benzene rings is 2. The number of carbonyl (C=O) groups is 1. The molecule has 8 heteroatoms. The molecule has 0 aliphatic heterocycles. The first kappa shape index (κ1) is 21.0. The Morgan fingerprint density at radius 1 is 1.25 bits per heavy atom. The standard InChI is InChI=1S/C20H20ClIN4OS/c1-4-25-19(15-7-5-6-8-16(15)21)24-26(20(25)28)11-17(27)23-18-12(2)9-14(22)10-13(18)3/h5-10H,4,11H2,1-3H3,(H,23,27). The lowest BCUT2D eigenvalue weighted by molar-refractivity contribution is -0.116. The molecule has 1 aromatic heterocycles. The van der Waals surface area contributed by atoms with Crippen molar-refractivity contribution < 1.29 is 4.79 Å². The van der Waals surface area contributed by atoms with E-state index < -0.39 is 0 Å². The van der Waals surface area contributed by atoms with E-state index in [0.717, 1.165) is 25.9 Å². The molecule has 0 aliphatic rings. The summed E-state index contributed by atoms with van der Waals surface area (Å²) >= 11 is 14.1. The molecule has 0 spiro atoms. The van der Waals surface area contributed by atoms with Gasteiger partial charge in [-0.25, -0.2) is 4.68 Å². The summed E-state index contributed by atoms with van der Waals surface area (Å²) in [6.45, 7) is 6.63. The number of nitrogens with zero attached hydrogens (tertiary/aromatic N) is 3. The largest absolute Gasteiger partial charge is 0.324 e. The van der Waals surface area contributed by atoms with E-state index in [-0.39, 0.29) is 12.5 Å². The van der Waals surface area contributed by atoms with E-state index in [0.29, 0.717) is 22.2 Å². The second-order valence-corrected chi connectivity index (χ2v) is 8.47. The van der Waals surface area contributed by atoms with Crippen molar-refractivity contribution in [2.75, 3.05) is 5.32 Å². The molecule has 0 saturated carbocycles. The third-order valence-corrected chi connectivity index (χ3v) is 5.79. The van der Waals surface area contributed by atoms with Crippen molar-refractivity contribution in [2.24, 2.45) is 0 Å². The minimum absolute atomic E-state index is 0.0359. The van der Waals surface area contributed by atoms with E-state index in [4.69, 9.17) is 23.8 Å². The highest BCUT2D eigenvalue weighted by Gasteiger charge is 2.16. The smallest absolute Gasteiger partial charge is 0.246 e. The Kier molecular flexibility index (Phi) is 6.57. The number of aryl methyl sites for hydroxylation is 2. The van der Waals surface area contributed by atoms with Crippen LogP contribution in [0.3, 0.4) is 0 Å². The van der Waals surface area contributed by atoms with E-state index in [1.54, 1.807) is 4.68 Å². The molecule has 28 heavy (non-hydrogen) atoms. The van der Waals surface area contributed by atoms with Gasteiger partial charge in [0.2, 0.25) is 5.91 Å². The number of nitrogens with one attached hydrogen (secondary N) is 1. The number of halogens is 2. The van der Waals surface area contributed by atoms with Crippen molar-refractivity contribution in [3.05, 3.63) is 60.9 Å². The monoisotopic (exact) mass is 526 g/mol. The normalized spacial score (nSPS) is 10.9. The molecule has 0 saturated heterocycles. The fourth-order valence-electron chi connectivity index (χ4n) is 3.09. The van der Waals surface area contributed by atoms with Crippen LogP contribution in [0.4, 0.5) is 5.69 Å². The average Bonchev–Trinajstić information content (AvgIpc) is 2.94. The quantitative estimate of drug-likeness (QED) is 0.347. The van der Waals surface area contributed by atoms with E-state index in [1.165, 1.54) is 0 Å². The third-order valence-electron chi connectivity index (χ3n) is 4.41. The summed E-state index contributed by atoms with van der Waals surface area (Å²) in [5, 5.41) is 8.17. The minimum atomic E-state index is -0.171. The van der Waals surface area contributed by atoms with Gasteiger partial charge < -0.3 is 9.88 Å². The lowest BCUT2D eigenvalue weighted by Crippen LogP contribution is -2.21. The number of hydrogen-bond donors (Lipinski definition) is 1. The number of carbonyl (C=O) groups excluding carboxylic acids is 1. The van der Waals surface area contributed by atoms with Crippen molar-refractivity contribution in [1.29, 1.82) is 0 Å². The van der Waals surface area contributed by atoms with Crippen LogP contribution >= 0.6 is 46.4 Å². The van der Waals surface area contributed by atoms with Crippen molar-refractivity contribution in [2.45, 2.75) is 33.9 Å². The van der Waals surface area contributed by atoms with Gasteiger partial charge in [0.15, 0.2) is 10.6 Å². The second kappa shape index (κ2) is 8.75. The molecule has 0 fully saturated rings. The molecule has 1 N–H and O–H groups in total. The third kappa shape index (κ3) is 4.31. The molecule has 0 aliphatic carbocycles. The van der Waals surface area contributed by atoms with Gasteiger partial charge in [-0.2, -0.15) is 5.10 Å². The summed E-state index contributed by atoms with van der Waals surface area (Å²) in [5.74, 6) is 0.488. The highest BCUT2D eigenvalue weighted by Crippen LogP contribution is 2.27. The maximum Gasteiger partial charge on any atom is 0.246 e. The van der Waals surface area contributed by atoms with Gasteiger partial charge in [0.05, 0.1) is 5.02 Å². The summed E-state index contributed by atoms with van der Waals surface area (Å²) in [7, 11) is 0. The highest BCUT2D eigenvalue weighted by atomic mass is 127. The minimum Gasteiger partial charge on any atom is -0.324 e. The molecular formula is C20H20ClIN4OS. The molecule has 5 nitrogen and oxygen atoms in total. The first-order valence-corrected chi connectivity index (χ1v) is 10.7. The Bertz CT molecular complexity index is 1080. The van der Waals surface area contributed by atoms with Crippen LogP contribution in [-0.2, 0) is 17.9 Å². The summed E-state index contributed by atoms with van der Waals surface area (Å²) in [5.41, 5.74) is 3.67. The summed E-state index contributed by atoms with van der Waals surface area (Å²) in [4.78, 5) is 12.7. The molecule has 0 radical (unpaired) electrons. The lowest BCUT2D eigenvalue weighted by Gasteiger charge is -2.12. The van der Waals surface area contributed by atoms with E-state index in [1.807, 2.05) is 61.7 Å². The predicted molar refractivity (Wildman–Crippen MR) is 124 cm³/mol. The number of rotatable bonds is 5. The van der Waals surface area contributed by atoms with Crippen LogP contribution in [0, 0.1) is 22.2 Å². The molecule has 3 rings (SSSR count). The molecule has 1 amide bonds. The van der Waals surface area contributed by atoms with Gasteiger partial charge in [0.1, 0.15) is 6.54 Å². The van der Waals surface area contributed by atoms with Crippen LogP contribution in [0.1, 0.15) is 18.1 Å². The molecule has 0 unspecified atom stereocenters. The molecule has 0 bridgehead atoms. The predicted octanol–water partition coefficient (Wildman–Crippen LogP) is 5.61. The van der Waals surface area contributed by atoms with Crippen molar-refractivity contribution in [3.8, 4) is 11.4 Å². The van der Waals surface area contributed by atoms with Crippen LogP contribution in [0.5, 0.6) is 0 Å². The zero-order chi connectivity index (χ0) is 20.4. The zero-order valence-corrected chi connectivity index (χ0v) is 19.5. The zero-order valence-electron chi connectivity index (χ0n) is 15.8. The lowest BCUT2D eigenvalue weighted by atomic mass is 10.1. The molecule has 1 heterocycles. The Morgan fingerprint density at radius 2 is 1.89 bits per heavy atom. The molecule has 146 valence electrons.